The molecular weight excluding hydrogens is 400 g/mol. The molecule has 30 heavy (non-hydrogen) atoms. The summed E-state index contributed by atoms with van der Waals surface area (Å²) in [6.07, 6.45) is 4.73. The quantitative estimate of drug-likeness (QED) is 0.683. The number of nitrogens with one attached hydrogen (secondary N) is 2. The molecule has 2 aromatic carbocycles. The Bertz CT molecular complexity index is 888. The summed E-state index contributed by atoms with van der Waals surface area (Å²) in [6.45, 7) is 1.10. The number of piperidine rings is 1. The van der Waals surface area contributed by atoms with Crippen LogP contribution in [-0.4, -0.2) is 36.8 Å². The molecule has 5 nitrogen and oxygen atoms in total. The fraction of sp³-hybridized carbons (Fsp3) is 0.458. The molecular formula is C24H30ClN2O3+. The maximum absolute atomic E-state index is 12.9. The predicted molar refractivity (Wildman–Crippen MR) is 118 cm³/mol. The maximum Gasteiger partial charge on any atom is 0.279 e. The van der Waals surface area contributed by atoms with E-state index in [1.54, 1.807) is 19.2 Å². The number of quaternary nitrogens is 1. The van der Waals surface area contributed by atoms with Crippen molar-refractivity contribution in [3.63, 3.8) is 0 Å². The van der Waals surface area contributed by atoms with Gasteiger partial charge in [0.05, 0.1) is 24.8 Å². The molecule has 1 saturated carbocycles. The Morgan fingerprint density at radius 1 is 1.20 bits per heavy atom. The summed E-state index contributed by atoms with van der Waals surface area (Å²) >= 11 is 5.94. The second kappa shape index (κ2) is 8.96. The molecule has 2 aliphatic rings. The number of halogens is 1. The van der Waals surface area contributed by atoms with Gasteiger partial charge in [-0.05, 0) is 49.2 Å². The van der Waals surface area contributed by atoms with Crippen LogP contribution >= 0.6 is 11.6 Å². The molecule has 1 unspecified atom stereocenters. The molecule has 1 amide bonds. The Labute approximate surface area is 183 Å². The van der Waals surface area contributed by atoms with Gasteiger partial charge in [0.15, 0.2) is 6.54 Å². The first kappa shape index (κ1) is 21.2. The van der Waals surface area contributed by atoms with Gasteiger partial charge in [-0.1, -0.05) is 36.6 Å². The van der Waals surface area contributed by atoms with Gasteiger partial charge in [-0.25, -0.2) is 0 Å². The van der Waals surface area contributed by atoms with Gasteiger partial charge in [0.1, 0.15) is 11.8 Å². The summed E-state index contributed by atoms with van der Waals surface area (Å²) in [5, 5.41) is 15.1. The number of hydrogen-bond acceptors (Lipinski definition) is 3. The number of methoxy groups -OCH3 is 1. The van der Waals surface area contributed by atoms with Crippen LogP contribution in [-0.2, 0) is 4.79 Å². The van der Waals surface area contributed by atoms with E-state index in [9.17, 15) is 9.90 Å². The lowest BCUT2D eigenvalue weighted by Gasteiger charge is -2.50. The van der Waals surface area contributed by atoms with Crippen molar-refractivity contribution in [1.82, 2.24) is 0 Å². The van der Waals surface area contributed by atoms with Crippen molar-refractivity contribution in [2.75, 3.05) is 25.5 Å². The first-order valence-corrected chi connectivity index (χ1v) is 11.1. The lowest BCUT2D eigenvalue weighted by Crippen LogP contribution is -3.16. The highest BCUT2D eigenvalue weighted by Crippen LogP contribution is 2.45. The van der Waals surface area contributed by atoms with Crippen LogP contribution in [0.3, 0.4) is 0 Å². The van der Waals surface area contributed by atoms with E-state index in [2.05, 4.69) is 11.4 Å². The minimum atomic E-state index is -0.653. The van der Waals surface area contributed by atoms with E-state index in [1.807, 2.05) is 30.3 Å². The zero-order valence-electron chi connectivity index (χ0n) is 17.4. The number of ether oxygens (including phenoxy) is 1. The van der Waals surface area contributed by atoms with Gasteiger partial charge < -0.3 is 20.1 Å². The fourth-order valence-electron chi connectivity index (χ4n) is 5.36. The minimum absolute atomic E-state index is 0.0242. The Balaban J connectivity index is 1.60. The van der Waals surface area contributed by atoms with E-state index in [0.29, 0.717) is 11.6 Å². The lowest BCUT2D eigenvalue weighted by molar-refractivity contribution is -0.937. The average Bonchev–Trinajstić information content (AvgIpc) is 2.75. The van der Waals surface area contributed by atoms with Crippen molar-refractivity contribution >= 4 is 23.2 Å². The van der Waals surface area contributed by atoms with Crippen LogP contribution < -0.4 is 15.0 Å². The number of carbonyl (C=O) groups is 1. The monoisotopic (exact) mass is 429 g/mol. The number of para-hydroxylation sites is 1. The summed E-state index contributed by atoms with van der Waals surface area (Å²) in [6, 6.07) is 15.2. The Morgan fingerprint density at radius 2 is 1.97 bits per heavy atom. The molecule has 0 aromatic heterocycles. The molecule has 2 fully saturated rings. The molecule has 0 spiro atoms. The number of aliphatic hydroxyl groups is 1. The SMILES string of the molecule is COc1ccccc1[C@H]1[C@H]2CCCC[C@@]2(O)CC[NH+]1CC(=O)Nc1ccc(Cl)cc1. The van der Waals surface area contributed by atoms with Crippen LogP contribution in [0.5, 0.6) is 5.75 Å². The average molecular weight is 430 g/mol. The van der Waals surface area contributed by atoms with Crippen LogP contribution in [0.2, 0.25) is 5.02 Å². The van der Waals surface area contributed by atoms with Crippen LogP contribution in [0.4, 0.5) is 5.69 Å². The Morgan fingerprint density at radius 3 is 2.73 bits per heavy atom. The van der Waals surface area contributed by atoms with Gasteiger partial charge in [0.25, 0.3) is 5.91 Å². The fourth-order valence-corrected chi connectivity index (χ4v) is 5.48. The van der Waals surface area contributed by atoms with E-state index in [1.165, 1.54) is 4.90 Å². The molecule has 1 aliphatic carbocycles. The Hall–Kier alpha value is -2.08. The summed E-state index contributed by atoms with van der Waals surface area (Å²) in [4.78, 5) is 14.1. The van der Waals surface area contributed by atoms with Crippen molar-refractivity contribution in [1.29, 1.82) is 0 Å². The number of benzene rings is 2. The molecule has 4 rings (SSSR count). The number of amides is 1. The largest absolute Gasteiger partial charge is 0.496 e. The first-order valence-electron chi connectivity index (χ1n) is 10.8. The molecule has 160 valence electrons. The number of fused-ring (bicyclic) bond motifs is 1. The van der Waals surface area contributed by atoms with Gasteiger partial charge in [0.2, 0.25) is 0 Å². The van der Waals surface area contributed by atoms with Crippen molar-refractivity contribution in [2.45, 2.75) is 43.7 Å². The molecule has 0 radical (unpaired) electrons. The third-order valence-corrected chi connectivity index (χ3v) is 7.03. The number of anilines is 1. The van der Waals surface area contributed by atoms with Gasteiger partial charge in [-0.2, -0.15) is 0 Å². The summed E-state index contributed by atoms with van der Waals surface area (Å²) in [7, 11) is 1.68. The van der Waals surface area contributed by atoms with Crippen molar-refractivity contribution < 1.29 is 19.5 Å². The second-order valence-corrected chi connectivity index (χ2v) is 9.00. The summed E-state index contributed by atoms with van der Waals surface area (Å²) in [5.41, 5.74) is 1.17. The van der Waals surface area contributed by atoms with E-state index in [4.69, 9.17) is 16.3 Å². The summed E-state index contributed by atoms with van der Waals surface area (Å²) < 4.78 is 5.66. The highest BCUT2D eigenvalue weighted by Gasteiger charge is 2.52. The lowest BCUT2D eigenvalue weighted by atomic mass is 9.66. The van der Waals surface area contributed by atoms with Crippen LogP contribution in [0.1, 0.15) is 43.7 Å². The molecule has 4 atom stereocenters. The molecule has 1 aliphatic heterocycles. The maximum atomic E-state index is 12.9. The van der Waals surface area contributed by atoms with Crippen LogP contribution in [0.15, 0.2) is 48.5 Å². The van der Waals surface area contributed by atoms with Crippen molar-refractivity contribution in [3.8, 4) is 5.75 Å². The number of carbonyl (C=O) groups excluding carboxylic acids is 1. The standard InChI is InChI=1S/C24H29ClN2O3/c1-30-21-8-3-2-6-19(21)23-20-7-4-5-13-24(20,29)14-15-27(23)16-22(28)26-18-11-9-17(25)10-12-18/h2-3,6,8-12,20,23,29H,4-5,7,13-16H2,1H3,(H,26,28)/p+1/t20-,23+,24-/m1/s1. The smallest absolute Gasteiger partial charge is 0.279 e. The van der Waals surface area contributed by atoms with Crippen LogP contribution in [0, 0.1) is 5.92 Å². The highest BCUT2D eigenvalue weighted by atomic mass is 35.5. The van der Waals surface area contributed by atoms with Crippen molar-refractivity contribution in [3.05, 3.63) is 59.1 Å². The summed E-state index contributed by atoms with van der Waals surface area (Å²) in [5.74, 6) is 0.913. The highest BCUT2D eigenvalue weighted by molar-refractivity contribution is 6.30. The number of likely N-dealkylation sites (tertiary alicyclic amines) is 1. The first-order chi connectivity index (χ1) is 14.5. The van der Waals surface area contributed by atoms with Gasteiger partial charge in [-0.3, -0.25) is 4.79 Å². The predicted octanol–water partition coefficient (Wildman–Crippen LogP) is 3.24. The van der Waals surface area contributed by atoms with Gasteiger partial charge in [0, 0.05) is 23.0 Å². The zero-order valence-corrected chi connectivity index (χ0v) is 18.1. The topological polar surface area (TPSA) is 63.0 Å². The molecule has 2 aromatic rings. The zero-order chi connectivity index (χ0) is 21.1. The molecule has 0 bridgehead atoms. The van der Waals surface area contributed by atoms with E-state index in [0.717, 1.165) is 55.6 Å². The third kappa shape index (κ3) is 4.34. The van der Waals surface area contributed by atoms with E-state index in [-0.39, 0.29) is 17.9 Å². The molecule has 1 saturated heterocycles. The Kier molecular flexibility index (Phi) is 6.32. The minimum Gasteiger partial charge on any atom is -0.496 e. The van der Waals surface area contributed by atoms with E-state index < -0.39 is 5.60 Å². The van der Waals surface area contributed by atoms with Gasteiger partial charge in [-0.15, -0.1) is 0 Å². The molecule has 3 N–H and O–H groups in total. The second-order valence-electron chi connectivity index (χ2n) is 8.57. The number of hydrogen-bond donors (Lipinski definition) is 3. The van der Waals surface area contributed by atoms with Crippen molar-refractivity contribution in [2.24, 2.45) is 5.92 Å². The normalized spacial score (nSPS) is 28.4. The van der Waals surface area contributed by atoms with Crippen LogP contribution in [0.25, 0.3) is 0 Å². The third-order valence-electron chi connectivity index (χ3n) is 6.78. The molecule has 1 heterocycles. The number of rotatable bonds is 5. The van der Waals surface area contributed by atoms with E-state index >= 15 is 0 Å². The molecule has 6 heteroatoms. The van der Waals surface area contributed by atoms with Gasteiger partial charge >= 0.3 is 0 Å².